The first-order chi connectivity index (χ1) is 27.3. The standard InChI is InChI=1S/C42H49ClN8O5/c1-4-6-18-37-45-38(43)36(51(37)26-30-19-22-31(23-20-30)32-15-10-11-16-33(32)39-46-48-49-47-39)27-56-42(54)35-17-12-25-50(35)40(52)28(3)44-34(41(53)55-5-2)24-21-29-13-8-7-9-14-29/h7-11,13-16,19-20,22-23,28,34-35,44H,4-6,12,17-18,21,24-27H2,1-3H3,(H,46,47,48,49)/t28-,34-,35-/m0/s1. The Kier molecular flexibility index (Phi) is 14.0. The van der Waals surface area contributed by atoms with Gasteiger partial charge >= 0.3 is 11.9 Å². The van der Waals surface area contributed by atoms with E-state index in [2.05, 4.69) is 62.1 Å². The average molecular weight is 781 g/mol. The van der Waals surface area contributed by atoms with Crippen LogP contribution in [0.2, 0.25) is 5.15 Å². The second kappa shape index (κ2) is 19.5. The largest absolute Gasteiger partial charge is 0.465 e. The lowest BCUT2D eigenvalue weighted by Crippen LogP contribution is -2.53. The molecule has 5 aromatic rings. The van der Waals surface area contributed by atoms with E-state index in [9.17, 15) is 14.4 Å². The third-order valence-electron chi connectivity index (χ3n) is 10.1. The highest BCUT2D eigenvalue weighted by atomic mass is 35.5. The summed E-state index contributed by atoms with van der Waals surface area (Å²) >= 11 is 6.74. The van der Waals surface area contributed by atoms with E-state index < -0.39 is 30.1 Å². The van der Waals surface area contributed by atoms with E-state index in [1.165, 1.54) is 0 Å². The van der Waals surface area contributed by atoms with E-state index in [0.29, 0.717) is 56.7 Å². The summed E-state index contributed by atoms with van der Waals surface area (Å²) < 4.78 is 13.3. The number of tetrazole rings is 1. The molecule has 6 rings (SSSR count). The van der Waals surface area contributed by atoms with Gasteiger partial charge in [0.1, 0.15) is 24.5 Å². The van der Waals surface area contributed by atoms with Gasteiger partial charge < -0.3 is 18.9 Å². The predicted molar refractivity (Wildman–Crippen MR) is 212 cm³/mol. The smallest absolute Gasteiger partial charge is 0.329 e. The quantitative estimate of drug-likeness (QED) is 0.0961. The normalized spacial score (nSPS) is 15.1. The van der Waals surface area contributed by atoms with Crippen LogP contribution < -0.4 is 5.32 Å². The van der Waals surface area contributed by atoms with Gasteiger partial charge in [0.05, 0.1) is 18.3 Å². The number of likely N-dealkylation sites (tertiary alicyclic amines) is 1. The number of benzene rings is 3. The number of esters is 2. The molecule has 0 spiro atoms. The Morgan fingerprint density at radius 3 is 2.41 bits per heavy atom. The Bertz CT molecular complexity index is 2060. The minimum absolute atomic E-state index is 0.0935. The number of carbonyl (C=O) groups excluding carboxylic acids is 3. The SMILES string of the molecule is CCCCc1nc(Cl)c(COC(=O)[C@@H]2CCCN2C(=O)[C@H](C)N[C@@H](CCc2ccccc2)C(=O)OCC)n1Cc1ccc(-c2ccccc2-c2nn[nH]n2)cc1. The molecule has 294 valence electrons. The summed E-state index contributed by atoms with van der Waals surface area (Å²) in [7, 11) is 0. The van der Waals surface area contributed by atoms with Crippen LogP contribution in [0.1, 0.15) is 75.5 Å². The zero-order valence-corrected chi connectivity index (χ0v) is 32.9. The van der Waals surface area contributed by atoms with Crippen molar-refractivity contribution in [3.05, 3.63) is 107 Å². The molecule has 1 aliphatic rings. The maximum atomic E-state index is 13.8. The van der Waals surface area contributed by atoms with Gasteiger partial charge in [-0.3, -0.25) is 14.9 Å². The number of H-pyrrole nitrogens is 1. The van der Waals surface area contributed by atoms with Crippen LogP contribution in [-0.2, 0) is 49.9 Å². The van der Waals surface area contributed by atoms with E-state index in [4.69, 9.17) is 21.1 Å². The number of hydrogen-bond acceptors (Lipinski definition) is 10. The fourth-order valence-corrected chi connectivity index (χ4v) is 7.39. The van der Waals surface area contributed by atoms with Crippen molar-refractivity contribution in [3.63, 3.8) is 0 Å². The summed E-state index contributed by atoms with van der Waals surface area (Å²) in [4.78, 5) is 46.6. The van der Waals surface area contributed by atoms with Gasteiger partial charge in [-0.25, -0.2) is 9.78 Å². The van der Waals surface area contributed by atoms with Crippen molar-refractivity contribution >= 4 is 29.4 Å². The maximum absolute atomic E-state index is 13.8. The molecule has 0 aliphatic carbocycles. The number of ether oxygens (including phenoxy) is 2. The lowest BCUT2D eigenvalue weighted by Gasteiger charge is -2.28. The lowest BCUT2D eigenvalue weighted by atomic mass is 9.98. The maximum Gasteiger partial charge on any atom is 0.329 e. The topological polar surface area (TPSA) is 157 Å². The number of unbranched alkanes of at least 4 members (excludes halogenated alkanes) is 1. The van der Waals surface area contributed by atoms with Crippen molar-refractivity contribution in [2.75, 3.05) is 13.2 Å². The molecule has 1 aliphatic heterocycles. The van der Waals surface area contributed by atoms with Gasteiger partial charge in [-0.1, -0.05) is 104 Å². The third-order valence-corrected chi connectivity index (χ3v) is 10.4. The van der Waals surface area contributed by atoms with E-state index in [1.54, 1.807) is 18.7 Å². The molecule has 2 N–H and O–H groups in total. The number of aryl methyl sites for hydroxylation is 2. The number of nitrogens with one attached hydrogen (secondary N) is 2. The van der Waals surface area contributed by atoms with Gasteiger partial charge in [-0.2, -0.15) is 5.21 Å². The summed E-state index contributed by atoms with van der Waals surface area (Å²) in [5, 5.41) is 18.0. The van der Waals surface area contributed by atoms with Crippen molar-refractivity contribution in [1.82, 2.24) is 40.4 Å². The van der Waals surface area contributed by atoms with Crippen LogP contribution in [0.3, 0.4) is 0 Å². The lowest BCUT2D eigenvalue weighted by molar-refractivity contribution is -0.155. The molecule has 1 fully saturated rings. The third kappa shape index (κ3) is 9.87. The molecule has 3 heterocycles. The van der Waals surface area contributed by atoms with Crippen molar-refractivity contribution in [1.29, 1.82) is 0 Å². The average Bonchev–Trinajstić information content (AvgIpc) is 4.00. The number of halogens is 1. The van der Waals surface area contributed by atoms with Gasteiger partial charge in [0, 0.05) is 25.1 Å². The van der Waals surface area contributed by atoms with Gasteiger partial charge in [-0.05, 0) is 73.4 Å². The van der Waals surface area contributed by atoms with Crippen LogP contribution in [-0.4, -0.2) is 84.2 Å². The molecular weight excluding hydrogens is 732 g/mol. The zero-order chi connectivity index (χ0) is 39.4. The zero-order valence-electron chi connectivity index (χ0n) is 32.1. The number of amides is 1. The van der Waals surface area contributed by atoms with Crippen molar-refractivity contribution < 1.29 is 23.9 Å². The number of nitrogens with zero attached hydrogens (tertiary/aromatic N) is 6. The fourth-order valence-electron chi connectivity index (χ4n) is 7.13. The van der Waals surface area contributed by atoms with Crippen LogP contribution in [0.5, 0.6) is 0 Å². The Hall–Kier alpha value is -5.40. The second-order valence-electron chi connectivity index (χ2n) is 13.9. The molecule has 0 saturated carbocycles. The van der Waals surface area contributed by atoms with Crippen LogP contribution in [0.25, 0.3) is 22.5 Å². The van der Waals surface area contributed by atoms with E-state index in [-0.39, 0.29) is 24.3 Å². The highest BCUT2D eigenvalue weighted by Gasteiger charge is 2.38. The fraction of sp³-hybridized carbons (Fsp3) is 0.405. The molecule has 1 saturated heterocycles. The van der Waals surface area contributed by atoms with Gasteiger partial charge in [0.15, 0.2) is 5.15 Å². The first kappa shape index (κ1) is 40.3. The second-order valence-corrected chi connectivity index (χ2v) is 14.3. The summed E-state index contributed by atoms with van der Waals surface area (Å²) in [6.07, 6.45) is 4.85. The number of aromatic amines is 1. The molecule has 1 amide bonds. The van der Waals surface area contributed by atoms with Crippen molar-refractivity contribution in [3.8, 4) is 22.5 Å². The van der Waals surface area contributed by atoms with Gasteiger partial charge in [-0.15, -0.1) is 10.2 Å². The van der Waals surface area contributed by atoms with E-state index >= 15 is 0 Å². The van der Waals surface area contributed by atoms with E-state index in [0.717, 1.165) is 46.5 Å². The summed E-state index contributed by atoms with van der Waals surface area (Å²) in [6, 6.07) is 23.8. The molecular formula is C42H49ClN8O5. The number of rotatable bonds is 18. The molecule has 0 unspecified atom stereocenters. The van der Waals surface area contributed by atoms with Gasteiger partial charge in [0.2, 0.25) is 11.7 Å². The van der Waals surface area contributed by atoms with Crippen LogP contribution >= 0.6 is 11.6 Å². The number of hydrogen-bond donors (Lipinski definition) is 2. The van der Waals surface area contributed by atoms with Crippen molar-refractivity contribution in [2.24, 2.45) is 0 Å². The number of aromatic nitrogens is 6. The number of imidazole rings is 1. The monoisotopic (exact) mass is 780 g/mol. The number of carbonyl (C=O) groups is 3. The minimum atomic E-state index is -0.755. The van der Waals surface area contributed by atoms with E-state index in [1.807, 2.05) is 59.2 Å². The highest BCUT2D eigenvalue weighted by molar-refractivity contribution is 6.30. The molecule has 2 aromatic heterocycles. The Morgan fingerprint density at radius 2 is 1.70 bits per heavy atom. The summed E-state index contributed by atoms with van der Waals surface area (Å²) in [5.41, 5.74) is 5.55. The van der Waals surface area contributed by atoms with Crippen LogP contribution in [0.15, 0.2) is 78.9 Å². The van der Waals surface area contributed by atoms with Crippen molar-refractivity contribution in [2.45, 2.75) is 97.0 Å². The molecule has 56 heavy (non-hydrogen) atoms. The molecule has 3 aromatic carbocycles. The Labute approximate surface area is 332 Å². The molecule has 0 radical (unpaired) electrons. The molecule has 14 heteroatoms. The first-order valence-corrected chi connectivity index (χ1v) is 19.7. The van der Waals surface area contributed by atoms with Crippen LogP contribution in [0, 0.1) is 0 Å². The molecule has 0 bridgehead atoms. The Balaban J connectivity index is 1.12. The predicted octanol–water partition coefficient (Wildman–Crippen LogP) is 6.35. The van der Waals surface area contributed by atoms with Gasteiger partial charge in [0.25, 0.3) is 0 Å². The minimum Gasteiger partial charge on any atom is -0.465 e. The highest BCUT2D eigenvalue weighted by Crippen LogP contribution is 2.30. The molecule has 3 atom stereocenters. The molecule has 13 nitrogen and oxygen atoms in total. The Morgan fingerprint density at radius 1 is 0.946 bits per heavy atom. The summed E-state index contributed by atoms with van der Waals surface area (Å²) in [5.74, 6) is 0.153. The summed E-state index contributed by atoms with van der Waals surface area (Å²) in [6.45, 7) is 6.62. The first-order valence-electron chi connectivity index (χ1n) is 19.4. The van der Waals surface area contributed by atoms with Crippen LogP contribution in [0.4, 0.5) is 0 Å².